The molecule has 0 bridgehead atoms. The van der Waals surface area contributed by atoms with Crippen LogP contribution in [0.1, 0.15) is 19.8 Å². The number of nitrogens with zero attached hydrogens (tertiary/aromatic N) is 3. The first kappa shape index (κ1) is 13.0. The summed E-state index contributed by atoms with van der Waals surface area (Å²) >= 11 is 5.79. The van der Waals surface area contributed by atoms with E-state index >= 15 is 0 Å². The number of pyridine rings is 1. The van der Waals surface area contributed by atoms with E-state index in [-0.39, 0.29) is 16.7 Å². The van der Waals surface area contributed by atoms with Gasteiger partial charge in [0.25, 0.3) is 0 Å². The first-order valence-corrected chi connectivity index (χ1v) is 6.05. The molecule has 6 nitrogen and oxygen atoms in total. The molecule has 2 heterocycles. The van der Waals surface area contributed by atoms with Crippen LogP contribution in [0.15, 0.2) is 12.1 Å². The Morgan fingerprint density at radius 2 is 2.33 bits per heavy atom. The molecule has 1 atom stereocenters. The smallest absolute Gasteiger partial charge is 0.311 e. The number of rotatable bonds is 2. The Labute approximate surface area is 109 Å². The predicted octanol–water partition coefficient (Wildman–Crippen LogP) is 1.99. The summed E-state index contributed by atoms with van der Waals surface area (Å²) in [6.07, 6.45) is 1.44. The highest BCUT2D eigenvalue weighted by molar-refractivity contribution is 6.29. The topological polar surface area (TPSA) is 79.5 Å². The Kier molecular flexibility index (Phi) is 3.41. The van der Waals surface area contributed by atoms with E-state index in [0.29, 0.717) is 19.5 Å². The second-order valence-electron chi connectivity index (χ2n) is 4.76. The summed E-state index contributed by atoms with van der Waals surface area (Å²) in [5.74, 6) is 0.229. The van der Waals surface area contributed by atoms with Gasteiger partial charge in [-0.15, -0.1) is 0 Å². The van der Waals surface area contributed by atoms with Gasteiger partial charge in [-0.2, -0.15) is 0 Å². The van der Waals surface area contributed by atoms with Crippen molar-refractivity contribution < 1.29 is 10.0 Å². The van der Waals surface area contributed by atoms with Crippen LogP contribution in [0.3, 0.4) is 0 Å². The average molecular weight is 272 g/mol. The zero-order valence-electron chi connectivity index (χ0n) is 9.97. The maximum Gasteiger partial charge on any atom is 0.311 e. The number of β-amino-alcohol motifs (C(OH)–C–C–N with tert-alkyl or cyclic N) is 1. The Hall–Kier alpha value is -1.40. The van der Waals surface area contributed by atoms with Crippen LogP contribution in [0.4, 0.5) is 11.5 Å². The summed E-state index contributed by atoms with van der Waals surface area (Å²) in [4.78, 5) is 16.2. The van der Waals surface area contributed by atoms with Crippen molar-refractivity contribution in [1.82, 2.24) is 4.98 Å². The van der Waals surface area contributed by atoms with Crippen molar-refractivity contribution in [1.29, 1.82) is 0 Å². The van der Waals surface area contributed by atoms with Gasteiger partial charge < -0.3 is 10.0 Å². The minimum absolute atomic E-state index is 0.0860. The van der Waals surface area contributed by atoms with Gasteiger partial charge in [-0.25, -0.2) is 4.98 Å². The molecule has 7 heteroatoms. The summed E-state index contributed by atoms with van der Waals surface area (Å²) in [7, 11) is 0. The molecule has 0 amide bonds. The van der Waals surface area contributed by atoms with Crippen LogP contribution in [0, 0.1) is 10.1 Å². The Bertz CT molecular complexity index is 479. The molecule has 1 unspecified atom stereocenters. The third-order valence-electron chi connectivity index (χ3n) is 2.99. The third-order valence-corrected chi connectivity index (χ3v) is 3.20. The van der Waals surface area contributed by atoms with Gasteiger partial charge in [-0.05, 0) is 25.8 Å². The fraction of sp³-hybridized carbons (Fsp3) is 0.545. The number of anilines is 1. The Morgan fingerprint density at radius 1 is 1.61 bits per heavy atom. The van der Waals surface area contributed by atoms with E-state index in [2.05, 4.69) is 4.98 Å². The lowest BCUT2D eigenvalue weighted by Gasteiger charge is -2.37. The van der Waals surface area contributed by atoms with Gasteiger partial charge >= 0.3 is 5.69 Å². The molecule has 1 aromatic heterocycles. The fourth-order valence-electron chi connectivity index (χ4n) is 2.19. The van der Waals surface area contributed by atoms with Crippen molar-refractivity contribution in [2.75, 3.05) is 18.0 Å². The van der Waals surface area contributed by atoms with Crippen LogP contribution in [0.5, 0.6) is 0 Å². The van der Waals surface area contributed by atoms with E-state index in [1.54, 1.807) is 11.8 Å². The van der Waals surface area contributed by atoms with E-state index in [4.69, 9.17) is 11.6 Å². The number of aromatic nitrogens is 1. The first-order chi connectivity index (χ1) is 8.39. The average Bonchev–Trinajstić information content (AvgIpc) is 2.27. The summed E-state index contributed by atoms with van der Waals surface area (Å²) in [5, 5.41) is 21.2. The minimum Gasteiger partial charge on any atom is -0.388 e. The van der Waals surface area contributed by atoms with Crippen LogP contribution in [0.2, 0.25) is 5.15 Å². The molecule has 1 aliphatic rings. The second kappa shape index (κ2) is 4.70. The van der Waals surface area contributed by atoms with Crippen molar-refractivity contribution in [3.63, 3.8) is 0 Å². The molecule has 0 aromatic carbocycles. The standard InChI is InChI=1S/C11H14ClN3O3/c1-11(16)5-2-6-14(7-11)10-8(15(17)18)3-4-9(12)13-10/h3-4,16H,2,5-7H2,1H3. The van der Waals surface area contributed by atoms with Crippen LogP contribution >= 0.6 is 11.6 Å². The highest BCUT2D eigenvalue weighted by atomic mass is 35.5. The normalized spacial score (nSPS) is 24.1. The highest BCUT2D eigenvalue weighted by Crippen LogP contribution is 2.31. The summed E-state index contributed by atoms with van der Waals surface area (Å²) in [6.45, 7) is 2.67. The molecule has 2 rings (SSSR count). The van der Waals surface area contributed by atoms with E-state index < -0.39 is 10.5 Å². The number of halogens is 1. The van der Waals surface area contributed by atoms with Crippen LogP contribution < -0.4 is 4.90 Å². The number of piperidine rings is 1. The molecular weight excluding hydrogens is 258 g/mol. The summed E-state index contributed by atoms with van der Waals surface area (Å²) in [6, 6.07) is 2.74. The number of hydrogen-bond donors (Lipinski definition) is 1. The molecule has 1 N–H and O–H groups in total. The maximum absolute atomic E-state index is 11.0. The number of aliphatic hydroxyl groups is 1. The molecule has 0 radical (unpaired) electrons. The molecule has 1 fully saturated rings. The van der Waals surface area contributed by atoms with Crippen molar-refractivity contribution >= 4 is 23.1 Å². The quantitative estimate of drug-likeness (QED) is 0.505. The van der Waals surface area contributed by atoms with Gasteiger partial charge in [-0.3, -0.25) is 10.1 Å². The molecule has 1 aliphatic heterocycles. The van der Waals surface area contributed by atoms with Crippen molar-refractivity contribution in [2.45, 2.75) is 25.4 Å². The van der Waals surface area contributed by atoms with E-state index in [9.17, 15) is 15.2 Å². The largest absolute Gasteiger partial charge is 0.388 e. The molecule has 18 heavy (non-hydrogen) atoms. The molecule has 0 saturated carbocycles. The minimum atomic E-state index is -0.851. The van der Waals surface area contributed by atoms with Gasteiger partial charge in [-0.1, -0.05) is 11.6 Å². The monoisotopic (exact) mass is 271 g/mol. The zero-order chi connectivity index (χ0) is 13.3. The van der Waals surface area contributed by atoms with E-state index in [1.807, 2.05) is 0 Å². The van der Waals surface area contributed by atoms with Crippen LogP contribution in [-0.2, 0) is 0 Å². The molecule has 98 valence electrons. The molecule has 0 spiro atoms. The van der Waals surface area contributed by atoms with Gasteiger partial charge in [0.15, 0.2) is 0 Å². The second-order valence-corrected chi connectivity index (χ2v) is 5.14. The van der Waals surface area contributed by atoms with Gasteiger partial charge in [0.05, 0.1) is 10.5 Å². The maximum atomic E-state index is 11.0. The Balaban J connectivity index is 2.37. The first-order valence-electron chi connectivity index (χ1n) is 5.67. The molecule has 1 aromatic rings. The lowest BCUT2D eigenvalue weighted by atomic mass is 9.95. The Morgan fingerprint density at radius 3 is 2.94 bits per heavy atom. The third kappa shape index (κ3) is 2.70. The summed E-state index contributed by atoms with van der Waals surface area (Å²) < 4.78 is 0. The fourth-order valence-corrected chi connectivity index (χ4v) is 2.34. The molecular formula is C11H14ClN3O3. The lowest BCUT2D eigenvalue weighted by molar-refractivity contribution is -0.384. The SMILES string of the molecule is CC1(O)CCCN(c2nc(Cl)ccc2[N+](=O)[O-])C1. The number of nitro groups is 1. The van der Waals surface area contributed by atoms with Gasteiger partial charge in [0, 0.05) is 19.2 Å². The van der Waals surface area contributed by atoms with E-state index in [0.717, 1.165) is 6.42 Å². The predicted molar refractivity (Wildman–Crippen MR) is 68.0 cm³/mol. The summed E-state index contributed by atoms with van der Waals surface area (Å²) in [5.41, 5.74) is -0.937. The van der Waals surface area contributed by atoms with E-state index in [1.165, 1.54) is 12.1 Å². The number of hydrogen-bond acceptors (Lipinski definition) is 5. The van der Waals surface area contributed by atoms with Gasteiger partial charge in [0.2, 0.25) is 5.82 Å². The van der Waals surface area contributed by atoms with Crippen molar-refractivity contribution in [3.05, 3.63) is 27.4 Å². The molecule has 0 aliphatic carbocycles. The molecule has 1 saturated heterocycles. The zero-order valence-corrected chi connectivity index (χ0v) is 10.7. The lowest BCUT2D eigenvalue weighted by Crippen LogP contribution is -2.46. The van der Waals surface area contributed by atoms with Crippen molar-refractivity contribution in [2.24, 2.45) is 0 Å². The van der Waals surface area contributed by atoms with Crippen LogP contribution in [0.25, 0.3) is 0 Å². The van der Waals surface area contributed by atoms with Gasteiger partial charge in [0.1, 0.15) is 5.15 Å². The van der Waals surface area contributed by atoms with Crippen LogP contribution in [-0.4, -0.2) is 33.7 Å². The highest BCUT2D eigenvalue weighted by Gasteiger charge is 2.32. The van der Waals surface area contributed by atoms with Crippen molar-refractivity contribution in [3.8, 4) is 0 Å².